The number of hydrogen-bond donors (Lipinski definition) is 1. The number of aryl methyl sites for hydroxylation is 1. The van der Waals surface area contributed by atoms with Gasteiger partial charge in [-0.05, 0) is 66.3 Å². The lowest BCUT2D eigenvalue weighted by atomic mass is 9.98. The van der Waals surface area contributed by atoms with Crippen LogP contribution in [0, 0.1) is 12.8 Å². The van der Waals surface area contributed by atoms with Crippen molar-refractivity contribution in [2.75, 3.05) is 26.2 Å². The zero-order valence-electron chi connectivity index (χ0n) is 12.6. The molecule has 1 N–H and O–H groups in total. The van der Waals surface area contributed by atoms with E-state index in [0.29, 0.717) is 28.4 Å². The van der Waals surface area contributed by atoms with Crippen molar-refractivity contribution in [1.29, 1.82) is 0 Å². The molecule has 4 nitrogen and oxygen atoms in total. The van der Waals surface area contributed by atoms with Crippen LogP contribution in [-0.2, 0) is 10.0 Å². The first-order valence-electron chi connectivity index (χ1n) is 7.42. The van der Waals surface area contributed by atoms with Crippen molar-refractivity contribution in [3.63, 3.8) is 0 Å². The summed E-state index contributed by atoms with van der Waals surface area (Å²) in [6.45, 7) is 7.17. The average Bonchev–Trinajstić information content (AvgIpc) is 2.48. The van der Waals surface area contributed by atoms with Gasteiger partial charge < -0.3 is 5.32 Å². The molecular weight excluding hydrogens is 352 g/mol. The largest absolute Gasteiger partial charge is 0.317 e. The smallest absolute Gasteiger partial charge is 0.244 e. The van der Waals surface area contributed by atoms with Crippen molar-refractivity contribution < 1.29 is 8.42 Å². The second kappa shape index (κ2) is 7.22. The molecule has 0 aromatic heterocycles. The molecular formula is C15H23BrN2O2S. The van der Waals surface area contributed by atoms with Crippen LogP contribution < -0.4 is 5.32 Å². The zero-order valence-corrected chi connectivity index (χ0v) is 15.0. The fourth-order valence-corrected chi connectivity index (χ4v) is 5.15. The quantitative estimate of drug-likeness (QED) is 0.861. The number of nitrogens with one attached hydrogen (secondary N) is 1. The third kappa shape index (κ3) is 3.86. The van der Waals surface area contributed by atoms with Crippen molar-refractivity contribution in [1.82, 2.24) is 9.62 Å². The summed E-state index contributed by atoms with van der Waals surface area (Å²) in [5.74, 6) is 0.581. The third-order valence-corrected chi connectivity index (χ3v) is 7.29. The predicted octanol–water partition coefficient (Wildman–Crippen LogP) is 2.77. The first-order valence-corrected chi connectivity index (χ1v) is 9.66. The molecule has 1 fully saturated rings. The maximum Gasteiger partial charge on any atom is 0.244 e. The van der Waals surface area contributed by atoms with Crippen LogP contribution in [0.1, 0.15) is 25.3 Å². The summed E-state index contributed by atoms with van der Waals surface area (Å²) >= 11 is 3.41. The van der Waals surface area contributed by atoms with E-state index in [4.69, 9.17) is 0 Å². The molecule has 0 radical (unpaired) electrons. The highest BCUT2D eigenvalue weighted by Gasteiger charge is 2.30. The predicted molar refractivity (Wildman–Crippen MR) is 88.9 cm³/mol. The van der Waals surface area contributed by atoms with Crippen LogP contribution in [0.4, 0.5) is 0 Å². The van der Waals surface area contributed by atoms with E-state index in [1.807, 2.05) is 13.0 Å². The van der Waals surface area contributed by atoms with Gasteiger partial charge in [-0.15, -0.1) is 0 Å². The molecule has 2 rings (SSSR count). The van der Waals surface area contributed by atoms with E-state index >= 15 is 0 Å². The number of piperidine rings is 1. The minimum absolute atomic E-state index is 0.382. The minimum Gasteiger partial charge on any atom is -0.317 e. The van der Waals surface area contributed by atoms with Crippen LogP contribution in [0.5, 0.6) is 0 Å². The van der Waals surface area contributed by atoms with Gasteiger partial charge in [0.05, 0.1) is 4.90 Å². The number of hydrogen-bond acceptors (Lipinski definition) is 3. The molecule has 1 aromatic rings. The van der Waals surface area contributed by atoms with E-state index in [0.717, 1.165) is 31.5 Å². The molecule has 118 valence electrons. The summed E-state index contributed by atoms with van der Waals surface area (Å²) in [4.78, 5) is 0.382. The van der Waals surface area contributed by atoms with E-state index in [2.05, 4.69) is 28.2 Å². The van der Waals surface area contributed by atoms with Crippen LogP contribution >= 0.6 is 15.9 Å². The van der Waals surface area contributed by atoms with E-state index in [1.165, 1.54) is 0 Å². The summed E-state index contributed by atoms with van der Waals surface area (Å²) in [6.07, 6.45) is 1.85. The fraction of sp³-hybridized carbons (Fsp3) is 0.600. The van der Waals surface area contributed by atoms with Gasteiger partial charge in [0.2, 0.25) is 10.0 Å². The second-order valence-electron chi connectivity index (χ2n) is 5.54. The molecule has 1 aromatic carbocycles. The summed E-state index contributed by atoms with van der Waals surface area (Å²) in [6, 6.07) is 5.38. The number of nitrogens with zero attached hydrogens (tertiary/aromatic N) is 1. The molecule has 1 saturated heterocycles. The number of halogens is 1. The van der Waals surface area contributed by atoms with Crippen LogP contribution in [0.2, 0.25) is 0 Å². The van der Waals surface area contributed by atoms with Crippen LogP contribution in [0.15, 0.2) is 27.6 Å². The Bertz CT molecular complexity index is 581. The summed E-state index contributed by atoms with van der Waals surface area (Å²) < 4.78 is 27.8. The second-order valence-corrected chi connectivity index (χ2v) is 8.24. The van der Waals surface area contributed by atoms with E-state index in [9.17, 15) is 8.42 Å². The Morgan fingerprint density at radius 1 is 1.33 bits per heavy atom. The van der Waals surface area contributed by atoms with Gasteiger partial charge in [0, 0.05) is 17.6 Å². The van der Waals surface area contributed by atoms with Crippen LogP contribution in [0.25, 0.3) is 0 Å². The van der Waals surface area contributed by atoms with Crippen LogP contribution in [0.3, 0.4) is 0 Å². The molecule has 0 unspecified atom stereocenters. The molecule has 0 atom stereocenters. The highest BCUT2D eigenvalue weighted by molar-refractivity contribution is 9.10. The van der Waals surface area contributed by atoms with Gasteiger partial charge in [0.1, 0.15) is 0 Å². The third-order valence-electron chi connectivity index (χ3n) is 4.03. The molecule has 0 spiro atoms. The Morgan fingerprint density at radius 3 is 2.62 bits per heavy atom. The lowest BCUT2D eigenvalue weighted by Crippen LogP contribution is -2.40. The van der Waals surface area contributed by atoms with Gasteiger partial charge >= 0.3 is 0 Å². The lowest BCUT2D eigenvalue weighted by molar-refractivity contribution is 0.268. The first-order chi connectivity index (χ1) is 9.96. The SMILES string of the molecule is CCNCC1CCN(S(=O)(=O)c2cccc(C)c2Br)CC1. The summed E-state index contributed by atoms with van der Waals surface area (Å²) in [7, 11) is -3.39. The maximum atomic E-state index is 12.8. The van der Waals surface area contributed by atoms with Crippen molar-refractivity contribution in [2.24, 2.45) is 5.92 Å². The van der Waals surface area contributed by atoms with E-state index < -0.39 is 10.0 Å². The Hall–Kier alpha value is -0.430. The maximum absolute atomic E-state index is 12.8. The van der Waals surface area contributed by atoms with Gasteiger partial charge in [-0.2, -0.15) is 4.31 Å². The molecule has 0 aliphatic carbocycles. The topological polar surface area (TPSA) is 49.4 Å². The highest BCUT2D eigenvalue weighted by Crippen LogP contribution is 2.30. The van der Waals surface area contributed by atoms with Gasteiger partial charge in [-0.25, -0.2) is 8.42 Å². The molecule has 1 aliphatic heterocycles. The van der Waals surface area contributed by atoms with Crippen molar-refractivity contribution in [3.8, 4) is 0 Å². The molecule has 1 aliphatic rings. The monoisotopic (exact) mass is 374 g/mol. The standard InChI is InChI=1S/C15H23BrN2O2S/c1-3-17-11-13-7-9-18(10-8-13)21(19,20)14-6-4-5-12(2)15(14)16/h4-6,13,17H,3,7-11H2,1-2H3. The number of rotatable bonds is 5. The Morgan fingerprint density at radius 2 is 2.00 bits per heavy atom. The summed E-state index contributed by atoms with van der Waals surface area (Å²) in [5, 5.41) is 3.34. The van der Waals surface area contributed by atoms with Gasteiger partial charge in [0.15, 0.2) is 0 Å². The lowest BCUT2D eigenvalue weighted by Gasteiger charge is -2.31. The molecule has 21 heavy (non-hydrogen) atoms. The van der Waals surface area contributed by atoms with E-state index in [1.54, 1.807) is 16.4 Å². The fourth-order valence-electron chi connectivity index (χ4n) is 2.66. The normalized spacial score (nSPS) is 18.0. The molecule has 0 bridgehead atoms. The average molecular weight is 375 g/mol. The highest BCUT2D eigenvalue weighted by atomic mass is 79.9. The Kier molecular flexibility index (Phi) is 5.82. The van der Waals surface area contributed by atoms with Crippen molar-refractivity contribution in [2.45, 2.75) is 31.6 Å². The molecule has 1 heterocycles. The van der Waals surface area contributed by atoms with Crippen molar-refractivity contribution in [3.05, 3.63) is 28.2 Å². The van der Waals surface area contributed by atoms with E-state index in [-0.39, 0.29) is 0 Å². The van der Waals surface area contributed by atoms with Gasteiger partial charge in [-0.1, -0.05) is 19.1 Å². The molecule has 0 saturated carbocycles. The first kappa shape index (κ1) is 16.9. The van der Waals surface area contributed by atoms with Crippen LogP contribution in [-0.4, -0.2) is 38.9 Å². The van der Waals surface area contributed by atoms with Gasteiger partial charge in [-0.3, -0.25) is 0 Å². The molecule has 6 heteroatoms. The molecule has 0 amide bonds. The summed E-state index contributed by atoms with van der Waals surface area (Å²) in [5.41, 5.74) is 0.943. The number of benzene rings is 1. The minimum atomic E-state index is -3.39. The Labute approximate surface area is 136 Å². The number of sulfonamides is 1. The van der Waals surface area contributed by atoms with Crippen molar-refractivity contribution >= 4 is 26.0 Å². The zero-order chi connectivity index (χ0) is 15.5. The Balaban J connectivity index is 2.10. The van der Waals surface area contributed by atoms with Gasteiger partial charge in [0.25, 0.3) is 0 Å².